The quantitative estimate of drug-likeness (QED) is 0.761. The highest BCUT2D eigenvalue weighted by molar-refractivity contribution is 7.99. The predicted molar refractivity (Wildman–Crippen MR) is 69.7 cm³/mol. The van der Waals surface area contributed by atoms with Gasteiger partial charge in [-0.05, 0) is 30.7 Å². The second kappa shape index (κ2) is 3.93. The molecule has 0 fully saturated rings. The molecule has 3 heteroatoms. The third-order valence-corrected chi connectivity index (χ3v) is 3.95. The highest BCUT2D eigenvalue weighted by Crippen LogP contribution is 2.39. The molecule has 0 aliphatic carbocycles. The molecule has 0 atom stereocenters. The molecule has 0 bridgehead atoms. The summed E-state index contributed by atoms with van der Waals surface area (Å²) in [5.74, 6) is -0.0180. The number of nitrogens with one attached hydrogen (secondary N) is 1. The lowest BCUT2D eigenvalue weighted by Gasteiger charge is -2.06. The molecule has 2 nitrogen and oxygen atoms in total. The van der Waals surface area contributed by atoms with E-state index in [1.165, 1.54) is 0 Å². The number of para-hydroxylation sites is 1. The van der Waals surface area contributed by atoms with E-state index in [9.17, 15) is 4.79 Å². The minimum Gasteiger partial charge on any atom is -0.321 e. The first-order valence-electron chi connectivity index (χ1n) is 5.43. The van der Waals surface area contributed by atoms with Crippen LogP contribution in [0.1, 0.15) is 15.9 Å². The summed E-state index contributed by atoms with van der Waals surface area (Å²) >= 11 is 1.64. The van der Waals surface area contributed by atoms with Crippen LogP contribution in [0.3, 0.4) is 0 Å². The molecule has 0 unspecified atom stereocenters. The summed E-state index contributed by atoms with van der Waals surface area (Å²) in [7, 11) is 0. The summed E-state index contributed by atoms with van der Waals surface area (Å²) in [4.78, 5) is 14.3. The molecule has 0 saturated carbocycles. The van der Waals surface area contributed by atoms with Gasteiger partial charge in [0.2, 0.25) is 0 Å². The topological polar surface area (TPSA) is 29.1 Å². The fraction of sp³-hybridized carbons (Fsp3) is 0.0714. The van der Waals surface area contributed by atoms with Gasteiger partial charge in [-0.3, -0.25) is 4.79 Å². The van der Waals surface area contributed by atoms with Gasteiger partial charge in [0.1, 0.15) is 0 Å². The summed E-state index contributed by atoms with van der Waals surface area (Å²) < 4.78 is 0. The third-order valence-electron chi connectivity index (χ3n) is 2.82. The summed E-state index contributed by atoms with van der Waals surface area (Å²) in [5, 5.41) is 2.96. The van der Waals surface area contributed by atoms with Gasteiger partial charge in [-0.15, -0.1) is 0 Å². The zero-order valence-corrected chi connectivity index (χ0v) is 10.2. The highest BCUT2D eigenvalue weighted by atomic mass is 32.2. The maximum absolute atomic E-state index is 12.2. The molecule has 1 aliphatic heterocycles. The minimum atomic E-state index is -0.0180. The minimum absolute atomic E-state index is 0.0180. The van der Waals surface area contributed by atoms with Gasteiger partial charge in [0.15, 0.2) is 0 Å². The number of amides is 1. The number of fused-ring (bicyclic) bond motifs is 2. The van der Waals surface area contributed by atoms with Crippen molar-refractivity contribution in [3.8, 4) is 0 Å². The van der Waals surface area contributed by atoms with Crippen molar-refractivity contribution in [2.24, 2.45) is 0 Å². The van der Waals surface area contributed by atoms with E-state index in [-0.39, 0.29) is 5.91 Å². The Hall–Kier alpha value is -1.74. The van der Waals surface area contributed by atoms with Crippen LogP contribution in [0.5, 0.6) is 0 Å². The predicted octanol–water partition coefficient (Wildman–Crippen LogP) is 3.71. The van der Waals surface area contributed by atoms with Crippen molar-refractivity contribution in [3.05, 3.63) is 53.6 Å². The van der Waals surface area contributed by atoms with E-state index in [1.54, 1.807) is 11.8 Å². The maximum Gasteiger partial charge on any atom is 0.257 e. The Balaban J connectivity index is 2.21. The van der Waals surface area contributed by atoms with Crippen molar-refractivity contribution in [1.82, 2.24) is 0 Å². The summed E-state index contributed by atoms with van der Waals surface area (Å²) in [6.07, 6.45) is 0. The second-order valence-electron chi connectivity index (χ2n) is 4.00. The fourth-order valence-corrected chi connectivity index (χ4v) is 3.09. The first-order valence-corrected chi connectivity index (χ1v) is 6.25. The van der Waals surface area contributed by atoms with Crippen LogP contribution in [0.4, 0.5) is 5.69 Å². The number of hydrogen-bond donors (Lipinski definition) is 1. The van der Waals surface area contributed by atoms with Crippen LogP contribution in [-0.4, -0.2) is 5.91 Å². The number of hydrogen-bond acceptors (Lipinski definition) is 2. The zero-order chi connectivity index (χ0) is 11.8. The molecule has 3 rings (SSSR count). The molecule has 1 amide bonds. The van der Waals surface area contributed by atoms with Crippen LogP contribution in [0.25, 0.3) is 0 Å². The molecule has 0 aromatic heterocycles. The molecule has 1 aliphatic rings. The van der Waals surface area contributed by atoms with Crippen molar-refractivity contribution >= 4 is 23.4 Å². The third kappa shape index (κ3) is 1.72. The molecule has 84 valence electrons. The van der Waals surface area contributed by atoms with E-state index in [4.69, 9.17) is 0 Å². The Kier molecular flexibility index (Phi) is 2.41. The zero-order valence-electron chi connectivity index (χ0n) is 9.36. The van der Waals surface area contributed by atoms with Crippen LogP contribution in [0.15, 0.2) is 52.3 Å². The fourth-order valence-electron chi connectivity index (χ4n) is 1.98. The molecule has 2 aromatic rings. The van der Waals surface area contributed by atoms with Gasteiger partial charge in [0.05, 0.1) is 11.3 Å². The van der Waals surface area contributed by atoms with Crippen molar-refractivity contribution in [1.29, 1.82) is 0 Å². The lowest BCUT2D eigenvalue weighted by atomic mass is 10.1. The van der Waals surface area contributed by atoms with Gasteiger partial charge in [0, 0.05) is 9.79 Å². The molecular formula is C14H11NOS. The number of aryl methyl sites for hydroxylation is 1. The molecule has 0 radical (unpaired) electrons. The lowest BCUT2D eigenvalue weighted by molar-refractivity contribution is 0.102. The standard InChI is InChI=1S/C14H11NOS/c1-9-5-4-8-12-13(9)14(16)15-10-6-2-3-7-11(10)17-12/h2-8H,1H3,(H,15,16). The number of anilines is 1. The Morgan fingerprint density at radius 3 is 2.65 bits per heavy atom. The van der Waals surface area contributed by atoms with Gasteiger partial charge in [0.25, 0.3) is 5.91 Å². The first-order chi connectivity index (χ1) is 8.25. The SMILES string of the molecule is Cc1cccc2c1C(=O)Nc1ccccc1S2. The van der Waals surface area contributed by atoms with Gasteiger partial charge in [-0.25, -0.2) is 0 Å². The van der Waals surface area contributed by atoms with Crippen LogP contribution in [0, 0.1) is 6.92 Å². The number of benzene rings is 2. The Bertz CT molecular complexity index is 607. The molecule has 0 spiro atoms. The highest BCUT2D eigenvalue weighted by Gasteiger charge is 2.20. The van der Waals surface area contributed by atoms with Crippen molar-refractivity contribution in [2.45, 2.75) is 16.7 Å². The molecule has 0 saturated heterocycles. The van der Waals surface area contributed by atoms with E-state index in [0.29, 0.717) is 0 Å². The summed E-state index contributed by atoms with van der Waals surface area (Å²) in [5.41, 5.74) is 2.69. The van der Waals surface area contributed by atoms with Crippen LogP contribution < -0.4 is 5.32 Å². The Labute approximate surface area is 104 Å². The van der Waals surface area contributed by atoms with Gasteiger partial charge in [-0.2, -0.15) is 0 Å². The van der Waals surface area contributed by atoms with Crippen LogP contribution >= 0.6 is 11.8 Å². The maximum atomic E-state index is 12.2. The Morgan fingerprint density at radius 1 is 1.00 bits per heavy atom. The van der Waals surface area contributed by atoms with Gasteiger partial charge >= 0.3 is 0 Å². The number of rotatable bonds is 0. The van der Waals surface area contributed by atoms with E-state index in [0.717, 1.165) is 26.6 Å². The van der Waals surface area contributed by atoms with Gasteiger partial charge < -0.3 is 5.32 Å². The van der Waals surface area contributed by atoms with Gasteiger partial charge in [-0.1, -0.05) is 36.0 Å². The Morgan fingerprint density at radius 2 is 1.76 bits per heavy atom. The number of carbonyl (C=O) groups is 1. The first kappa shape index (κ1) is 10.4. The summed E-state index contributed by atoms with van der Waals surface area (Å²) in [6.45, 7) is 1.97. The lowest BCUT2D eigenvalue weighted by Crippen LogP contribution is -2.12. The molecule has 1 heterocycles. The average molecular weight is 241 g/mol. The monoisotopic (exact) mass is 241 g/mol. The van der Waals surface area contributed by atoms with E-state index < -0.39 is 0 Å². The smallest absolute Gasteiger partial charge is 0.257 e. The van der Waals surface area contributed by atoms with Crippen molar-refractivity contribution in [2.75, 3.05) is 5.32 Å². The average Bonchev–Trinajstić information content (AvgIpc) is 2.45. The molecule has 1 N–H and O–H groups in total. The summed E-state index contributed by atoms with van der Waals surface area (Å²) in [6, 6.07) is 13.8. The van der Waals surface area contributed by atoms with Crippen molar-refractivity contribution < 1.29 is 4.79 Å². The second-order valence-corrected chi connectivity index (χ2v) is 5.08. The molecular weight excluding hydrogens is 230 g/mol. The van der Waals surface area contributed by atoms with Crippen LogP contribution in [-0.2, 0) is 0 Å². The van der Waals surface area contributed by atoms with E-state index in [1.807, 2.05) is 49.4 Å². The molecule has 2 aromatic carbocycles. The molecule has 17 heavy (non-hydrogen) atoms. The number of carbonyl (C=O) groups excluding carboxylic acids is 1. The normalized spacial score (nSPS) is 13.4. The van der Waals surface area contributed by atoms with E-state index >= 15 is 0 Å². The van der Waals surface area contributed by atoms with Crippen molar-refractivity contribution in [3.63, 3.8) is 0 Å². The van der Waals surface area contributed by atoms with Crippen LogP contribution in [0.2, 0.25) is 0 Å². The van der Waals surface area contributed by atoms with E-state index in [2.05, 4.69) is 5.32 Å². The largest absolute Gasteiger partial charge is 0.321 e.